The maximum Gasteiger partial charge on any atom is 0.416 e. The summed E-state index contributed by atoms with van der Waals surface area (Å²) in [7, 11) is 0. The smallest absolute Gasteiger partial charge is 0.397 e. The number of anilines is 3. The van der Waals surface area contributed by atoms with Crippen molar-refractivity contribution in [2.24, 2.45) is 0 Å². The Balaban J connectivity index is 1.46. The number of nitrogen functional groups attached to an aromatic ring is 1. The van der Waals surface area contributed by atoms with E-state index in [0.717, 1.165) is 17.7 Å². The van der Waals surface area contributed by atoms with Crippen LogP contribution in [0, 0.1) is 0 Å². The highest BCUT2D eigenvalue weighted by Crippen LogP contribution is 2.30. The van der Waals surface area contributed by atoms with E-state index in [2.05, 4.69) is 10.6 Å². The molecule has 5 N–H and O–H groups in total. The zero-order valence-corrected chi connectivity index (χ0v) is 21.0. The average Bonchev–Trinajstić information content (AvgIpc) is 3.32. The van der Waals surface area contributed by atoms with Crippen LogP contribution in [0.4, 0.5) is 30.2 Å². The van der Waals surface area contributed by atoms with Crippen molar-refractivity contribution in [3.63, 3.8) is 0 Å². The number of carbonyl (C=O) groups is 2. The number of alkyl halides is 3. The van der Waals surface area contributed by atoms with Crippen molar-refractivity contribution in [1.29, 1.82) is 0 Å². The zero-order chi connectivity index (χ0) is 28.0. The van der Waals surface area contributed by atoms with Crippen LogP contribution in [0.3, 0.4) is 0 Å². The number of nitrogens with zero attached hydrogens (tertiary/aromatic N) is 1. The van der Waals surface area contributed by atoms with Crippen molar-refractivity contribution < 1.29 is 27.9 Å². The van der Waals surface area contributed by atoms with Gasteiger partial charge in [0.15, 0.2) is 0 Å². The van der Waals surface area contributed by atoms with Crippen LogP contribution in [-0.2, 0) is 15.8 Å². The highest BCUT2D eigenvalue weighted by atomic mass is 19.4. The number of hydrogen-bond acceptors (Lipinski definition) is 5. The Kier molecular flexibility index (Phi) is 8.68. The van der Waals surface area contributed by atoms with Crippen molar-refractivity contribution in [2.75, 3.05) is 36.0 Å². The fraction of sp³-hybridized carbons (Fsp3) is 0.241. The van der Waals surface area contributed by atoms with Gasteiger partial charge in [-0.2, -0.15) is 13.2 Å². The Morgan fingerprint density at radius 1 is 1.03 bits per heavy atom. The molecule has 7 nitrogen and oxygen atoms in total. The third-order valence-electron chi connectivity index (χ3n) is 6.47. The second-order valence-corrected chi connectivity index (χ2v) is 9.40. The lowest BCUT2D eigenvalue weighted by Crippen LogP contribution is -2.33. The van der Waals surface area contributed by atoms with E-state index >= 15 is 0 Å². The Morgan fingerprint density at radius 2 is 1.72 bits per heavy atom. The second-order valence-electron chi connectivity index (χ2n) is 9.40. The summed E-state index contributed by atoms with van der Waals surface area (Å²) in [6.07, 6.45) is -1.32. The summed E-state index contributed by atoms with van der Waals surface area (Å²) < 4.78 is 38.7. The molecular formula is C29H29F3N4O3. The van der Waals surface area contributed by atoms with Crippen molar-refractivity contribution in [2.45, 2.75) is 24.6 Å². The lowest BCUT2D eigenvalue weighted by molar-refractivity contribution is -0.137. The number of rotatable bonds is 8. The molecule has 0 saturated carbocycles. The van der Waals surface area contributed by atoms with Crippen LogP contribution in [0.15, 0.2) is 78.9 Å². The first-order valence-electron chi connectivity index (χ1n) is 12.4. The lowest BCUT2D eigenvalue weighted by Gasteiger charge is -2.23. The normalized spacial score (nSPS) is 16.8. The number of likely N-dealkylation sites (tertiary alicyclic amines) is 1. The Morgan fingerprint density at radius 3 is 2.33 bits per heavy atom. The number of halogens is 3. The Bertz CT molecular complexity index is 1320. The number of benzene rings is 3. The fourth-order valence-electron chi connectivity index (χ4n) is 4.34. The molecule has 1 heterocycles. The van der Waals surface area contributed by atoms with Gasteiger partial charge in [0, 0.05) is 31.4 Å². The van der Waals surface area contributed by atoms with Crippen LogP contribution in [0.1, 0.15) is 29.0 Å². The van der Waals surface area contributed by atoms with Gasteiger partial charge in [0.05, 0.1) is 29.0 Å². The molecule has 1 aliphatic heterocycles. The molecule has 39 heavy (non-hydrogen) atoms. The average molecular weight is 539 g/mol. The van der Waals surface area contributed by atoms with Crippen LogP contribution in [0.2, 0.25) is 0 Å². The quantitative estimate of drug-likeness (QED) is 0.245. The Labute approximate surface area is 224 Å². The van der Waals surface area contributed by atoms with E-state index < -0.39 is 23.8 Å². The number of nitrogens with one attached hydrogen (secondary N) is 2. The Hall–Kier alpha value is -4.15. The summed E-state index contributed by atoms with van der Waals surface area (Å²) in [4.78, 5) is 27.5. The molecule has 1 fully saturated rings. The maximum atomic E-state index is 13.3. The van der Waals surface area contributed by atoms with Gasteiger partial charge >= 0.3 is 6.18 Å². The van der Waals surface area contributed by atoms with Crippen molar-refractivity contribution in [3.05, 3.63) is 95.6 Å². The standard InChI is InChI=1S/C29H29F3N4O3/c30-29(31,32)21-10-12-22(13-11-21)34-28(39)24(18-36-16-15-23(37)17-36)20-8-5-19(6-9-20)7-14-27(38)35-26-4-2-1-3-25(26)33/h1-14,23-24,37H,15-18,33H2,(H,34,39)(H,35,38)/b14-7+/t23-,24?/m0/s1. The number of hydrogen-bond donors (Lipinski definition) is 4. The monoisotopic (exact) mass is 538 g/mol. The number of aliphatic hydroxyl groups is 1. The summed E-state index contributed by atoms with van der Waals surface area (Å²) in [6.45, 7) is 1.40. The summed E-state index contributed by atoms with van der Waals surface area (Å²) >= 11 is 0. The molecule has 2 amide bonds. The largest absolute Gasteiger partial charge is 0.416 e. The van der Waals surface area contributed by atoms with E-state index in [0.29, 0.717) is 43.0 Å². The number of carbonyl (C=O) groups excluding carboxylic acids is 2. The van der Waals surface area contributed by atoms with Gasteiger partial charge in [-0.05, 0) is 60.0 Å². The third kappa shape index (κ3) is 7.68. The maximum absolute atomic E-state index is 13.3. The summed E-state index contributed by atoms with van der Waals surface area (Å²) in [5.74, 6) is -1.36. The molecule has 3 aromatic carbocycles. The van der Waals surface area contributed by atoms with Crippen LogP contribution in [0.5, 0.6) is 0 Å². The molecule has 4 rings (SSSR count). The molecule has 2 atom stereocenters. The summed E-state index contributed by atoms with van der Waals surface area (Å²) in [5, 5.41) is 15.3. The molecule has 0 aromatic heterocycles. The van der Waals surface area contributed by atoms with Gasteiger partial charge in [-0.25, -0.2) is 0 Å². The van der Waals surface area contributed by atoms with Gasteiger partial charge in [-0.15, -0.1) is 0 Å². The SMILES string of the molecule is Nc1ccccc1NC(=O)/C=C/c1ccc(C(CN2CC[C@H](O)C2)C(=O)Nc2ccc(C(F)(F)F)cc2)cc1. The topological polar surface area (TPSA) is 108 Å². The molecular weight excluding hydrogens is 509 g/mol. The van der Waals surface area contributed by atoms with Crippen LogP contribution in [-0.4, -0.2) is 47.6 Å². The first kappa shape index (κ1) is 27.9. The van der Waals surface area contributed by atoms with Gasteiger partial charge < -0.3 is 21.5 Å². The zero-order valence-electron chi connectivity index (χ0n) is 21.0. The molecule has 0 bridgehead atoms. The summed E-state index contributed by atoms with van der Waals surface area (Å²) in [5.41, 5.74) is 7.69. The molecule has 3 aromatic rings. The number of nitrogens with two attached hydrogens (primary N) is 1. The minimum Gasteiger partial charge on any atom is -0.397 e. The van der Waals surface area contributed by atoms with Gasteiger partial charge in [-0.3, -0.25) is 14.5 Å². The van der Waals surface area contributed by atoms with Gasteiger partial charge in [0.1, 0.15) is 0 Å². The molecule has 0 spiro atoms. The molecule has 1 unspecified atom stereocenters. The summed E-state index contributed by atoms with van der Waals surface area (Å²) in [6, 6.07) is 18.3. The molecule has 10 heteroatoms. The van der Waals surface area contributed by atoms with Crippen LogP contribution >= 0.6 is 0 Å². The fourth-order valence-corrected chi connectivity index (χ4v) is 4.34. The number of aliphatic hydroxyl groups excluding tert-OH is 1. The number of para-hydroxylation sites is 2. The van der Waals surface area contributed by atoms with Crippen LogP contribution in [0.25, 0.3) is 6.08 Å². The van der Waals surface area contributed by atoms with E-state index in [4.69, 9.17) is 5.73 Å². The van der Waals surface area contributed by atoms with Crippen molar-refractivity contribution >= 4 is 35.0 Å². The predicted molar refractivity (Wildman–Crippen MR) is 145 cm³/mol. The first-order valence-corrected chi connectivity index (χ1v) is 12.4. The van der Waals surface area contributed by atoms with E-state index in [-0.39, 0.29) is 17.5 Å². The highest BCUT2D eigenvalue weighted by Gasteiger charge is 2.31. The number of β-amino-alcohol motifs (C(OH)–C–C–N with tert-alkyl or cyclic N) is 1. The van der Waals surface area contributed by atoms with E-state index in [9.17, 15) is 27.9 Å². The van der Waals surface area contributed by atoms with E-state index in [1.807, 2.05) is 4.90 Å². The number of amides is 2. The van der Waals surface area contributed by atoms with Crippen molar-refractivity contribution in [3.8, 4) is 0 Å². The van der Waals surface area contributed by atoms with Gasteiger partial charge in [0.2, 0.25) is 11.8 Å². The molecule has 0 radical (unpaired) electrons. The van der Waals surface area contributed by atoms with Crippen LogP contribution < -0.4 is 16.4 Å². The molecule has 1 saturated heterocycles. The molecule has 204 valence electrons. The molecule has 0 aliphatic carbocycles. The van der Waals surface area contributed by atoms with E-state index in [1.165, 1.54) is 18.2 Å². The second kappa shape index (κ2) is 12.1. The minimum atomic E-state index is -4.46. The minimum absolute atomic E-state index is 0.254. The van der Waals surface area contributed by atoms with Gasteiger partial charge in [0.25, 0.3) is 0 Å². The predicted octanol–water partition coefficient (Wildman–Crippen LogP) is 4.73. The molecule has 1 aliphatic rings. The third-order valence-corrected chi connectivity index (χ3v) is 6.47. The van der Waals surface area contributed by atoms with E-state index in [1.54, 1.807) is 54.6 Å². The highest BCUT2D eigenvalue weighted by molar-refractivity contribution is 6.03. The lowest BCUT2D eigenvalue weighted by atomic mass is 9.96. The van der Waals surface area contributed by atoms with Crippen molar-refractivity contribution in [1.82, 2.24) is 4.90 Å². The first-order chi connectivity index (χ1) is 18.6. The van der Waals surface area contributed by atoms with Gasteiger partial charge in [-0.1, -0.05) is 36.4 Å².